The zero-order valence-electron chi connectivity index (χ0n) is 8.08. The third-order valence-corrected chi connectivity index (χ3v) is 3.53. The summed E-state index contributed by atoms with van der Waals surface area (Å²) in [7, 11) is 0. The molecule has 0 aliphatic carbocycles. The number of fused-ring (bicyclic) bond motifs is 3. The molecule has 1 aliphatic rings. The van der Waals surface area contributed by atoms with Gasteiger partial charge >= 0.3 is 0 Å². The Labute approximate surface area is 101 Å². The highest BCUT2D eigenvalue weighted by Gasteiger charge is 2.21. The third kappa shape index (κ3) is 1.55. The van der Waals surface area contributed by atoms with Crippen molar-refractivity contribution >= 4 is 33.6 Å². The second kappa shape index (κ2) is 3.43. The second-order valence-corrected chi connectivity index (χ2v) is 5.15. The highest BCUT2D eigenvalue weighted by Crippen LogP contribution is 2.24. The van der Waals surface area contributed by atoms with Gasteiger partial charge < -0.3 is 4.57 Å². The molecule has 15 heavy (non-hydrogen) atoms. The van der Waals surface area contributed by atoms with Crippen LogP contribution >= 0.6 is 22.6 Å². The molecule has 0 saturated carbocycles. The van der Waals surface area contributed by atoms with Gasteiger partial charge in [0, 0.05) is 16.5 Å². The number of nitrogens with zero attached hydrogens (tertiary/aromatic N) is 2. The molecule has 78 valence electrons. The van der Waals surface area contributed by atoms with Gasteiger partial charge in [0.25, 0.3) is 0 Å². The normalized spacial score (nSPS) is 20.5. The fourth-order valence-corrected chi connectivity index (χ4v) is 2.60. The smallest absolute Gasteiger partial charge is 0.112 e. The number of hydrogen-bond acceptors (Lipinski definition) is 1. The first-order chi connectivity index (χ1) is 7.24. The SMILES string of the molecule is FC1CCn2c(nc3ccc(I)cc32)C1. The quantitative estimate of drug-likeness (QED) is 0.684. The zero-order chi connectivity index (χ0) is 10.4. The first-order valence-corrected chi connectivity index (χ1v) is 6.10. The standard InChI is InChI=1S/C11H10FIN2/c12-7-3-4-15-10-6-8(13)1-2-9(10)14-11(15)5-7/h1-2,6-7H,3-5H2. The molecule has 1 aromatic heterocycles. The molecule has 2 nitrogen and oxygen atoms in total. The molecule has 0 amide bonds. The van der Waals surface area contributed by atoms with Crippen LogP contribution in [0.2, 0.25) is 0 Å². The number of benzene rings is 1. The summed E-state index contributed by atoms with van der Waals surface area (Å²) < 4.78 is 16.6. The monoisotopic (exact) mass is 316 g/mol. The summed E-state index contributed by atoms with van der Waals surface area (Å²) in [6.07, 6.45) is 0.364. The van der Waals surface area contributed by atoms with Crippen molar-refractivity contribution < 1.29 is 4.39 Å². The van der Waals surface area contributed by atoms with E-state index >= 15 is 0 Å². The molecule has 0 radical (unpaired) electrons. The molecule has 0 spiro atoms. The summed E-state index contributed by atoms with van der Waals surface area (Å²) in [5, 5.41) is 0. The number of rotatable bonds is 0. The fraction of sp³-hybridized carbons (Fsp3) is 0.364. The van der Waals surface area contributed by atoms with Gasteiger partial charge in [0.1, 0.15) is 12.0 Å². The van der Waals surface area contributed by atoms with E-state index in [1.165, 1.54) is 3.57 Å². The van der Waals surface area contributed by atoms with Crippen molar-refractivity contribution in [1.29, 1.82) is 0 Å². The lowest BCUT2D eigenvalue weighted by molar-refractivity contribution is 0.270. The van der Waals surface area contributed by atoms with Gasteiger partial charge in [0.15, 0.2) is 0 Å². The zero-order valence-corrected chi connectivity index (χ0v) is 10.2. The largest absolute Gasteiger partial charge is 0.328 e. The van der Waals surface area contributed by atoms with Gasteiger partial charge in [0.2, 0.25) is 0 Å². The molecule has 1 aromatic carbocycles. The van der Waals surface area contributed by atoms with Gasteiger partial charge in [-0.3, -0.25) is 0 Å². The van der Waals surface area contributed by atoms with Crippen molar-refractivity contribution in [2.75, 3.05) is 0 Å². The number of aromatic nitrogens is 2. The van der Waals surface area contributed by atoms with Crippen LogP contribution in [-0.2, 0) is 13.0 Å². The van der Waals surface area contributed by atoms with E-state index < -0.39 is 6.17 Å². The van der Waals surface area contributed by atoms with E-state index in [9.17, 15) is 4.39 Å². The van der Waals surface area contributed by atoms with Crippen molar-refractivity contribution in [3.8, 4) is 0 Å². The Morgan fingerprint density at radius 2 is 2.33 bits per heavy atom. The topological polar surface area (TPSA) is 17.8 Å². The molecule has 2 aromatic rings. The minimum atomic E-state index is -0.714. The molecule has 0 bridgehead atoms. The summed E-state index contributed by atoms with van der Waals surface area (Å²) in [4.78, 5) is 4.46. The number of imidazole rings is 1. The molecular formula is C11H10FIN2. The van der Waals surface area contributed by atoms with E-state index in [1.54, 1.807) is 0 Å². The van der Waals surface area contributed by atoms with Crippen LogP contribution in [0.1, 0.15) is 12.2 Å². The Morgan fingerprint density at radius 1 is 1.47 bits per heavy atom. The van der Waals surface area contributed by atoms with Crippen LogP contribution in [0.15, 0.2) is 18.2 Å². The van der Waals surface area contributed by atoms with Crippen LogP contribution in [0.5, 0.6) is 0 Å². The van der Waals surface area contributed by atoms with E-state index in [1.807, 2.05) is 12.1 Å². The lowest BCUT2D eigenvalue weighted by Gasteiger charge is -2.17. The number of alkyl halides is 1. The van der Waals surface area contributed by atoms with E-state index in [4.69, 9.17) is 0 Å². The summed E-state index contributed by atoms with van der Waals surface area (Å²) in [5.41, 5.74) is 2.13. The Balaban J connectivity index is 2.24. The molecule has 1 unspecified atom stereocenters. The number of hydrogen-bond donors (Lipinski definition) is 0. The predicted octanol–water partition coefficient (Wildman–Crippen LogP) is 2.93. The fourth-order valence-electron chi connectivity index (χ4n) is 2.12. The van der Waals surface area contributed by atoms with Gasteiger partial charge in [-0.15, -0.1) is 0 Å². The molecule has 0 fully saturated rings. The first kappa shape index (κ1) is 9.57. The van der Waals surface area contributed by atoms with Crippen LogP contribution in [0, 0.1) is 3.57 Å². The maximum Gasteiger partial charge on any atom is 0.112 e. The molecule has 2 heterocycles. The van der Waals surface area contributed by atoms with Gasteiger partial charge in [0.05, 0.1) is 11.0 Å². The summed E-state index contributed by atoms with van der Waals surface area (Å²) in [6, 6.07) is 6.16. The van der Waals surface area contributed by atoms with Crippen LogP contribution < -0.4 is 0 Å². The van der Waals surface area contributed by atoms with Gasteiger partial charge in [-0.05, 0) is 47.2 Å². The van der Waals surface area contributed by atoms with E-state index in [2.05, 4.69) is 38.2 Å². The average Bonchev–Trinajstić information content (AvgIpc) is 2.54. The minimum Gasteiger partial charge on any atom is -0.328 e. The van der Waals surface area contributed by atoms with Crippen LogP contribution in [-0.4, -0.2) is 15.7 Å². The highest BCUT2D eigenvalue weighted by molar-refractivity contribution is 14.1. The molecule has 4 heteroatoms. The second-order valence-electron chi connectivity index (χ2n) is 3.90. The lowest BCUT2D eigenvalue weighted by atomic mass is 10.1. The Hall–Kier alpha value is -0.650. The molecule has 0 N–H and O–H groups in total. The van der Waals surface area contributed by atoms with Crippen LogP contribution in [0.4, 0.5) is 4.39 Å². The maximum atomic E-state index is 13.2. The minimum absolute atomic E-state index is 0.464. The highest BCUT2D eigenvalue weighted by atomic mass is 127. The first-order valence-electron chi connectivity index (χ1n) is 5.03. The van der Waals surface area contributed by atoms with E-state index in [0.717, 1.165) is 23.4 Å². The van der Waals surface area contributed by atoms with Crippen molar-refractivity contribution in [3.63, 3.8) is 0 Å². The Morgan fingerprint density at radius 3 is 3.20 bits per heavy atom. The Bertz CT molecular complexity index is 521. The van der Waals surface area contributed by atoms with Crippen LogP contribution in [0.25, 0.3) is 11.0 Å². The van der Waals surface area contributed by atoms with Crippen molar-refractivity contribution in [1.82, 2.24) is 9.55 Å². The van der Waals surface area contributed by atoms with Gasteiger partial charge in [-0.1, -0.05) is 0 Å². The van der Waals surface area contributed by atoms with Crippen molar-refractivity contribution in [2.45, 2.75) is 25.6 Å². The molecule has 1 aliphatic heterocycles. The number of halogens is 2. The lowest BCUT2D eigenvalue weighted by Crippen LogP contribution is -2.20. The number of aryl methyl sites for hydroxylation is 1. The molecule has 1 atom stereocenters. The molecule has 3 rings (SSSR count). The third-order valence-electron chi connectivity index (χ3n) is 2.86. The van der Waals surface area contributed by atoms with E-state index in [0.29, 0.717) is 12.8 Å². The maximum absolute atomic E-state index is 13.2. The summed E-state index contributed by atoms with van der Waals surface area (Å²) in [6.45, 7) is 0.757. The predicted molar refractivity (Wildman–Crippen MR) is 65.7 cm³/mol. The van der Waals surface area contributed by atoms with Crippen LogP contribution in [0.3, 0.4) is 0 Å². The Kier molecular flexibility index (Phi) is 2.19. The molecular weight excluding hydrogens is 306 g/mol. The molecule has 0 saturated heterocycles. The van der Waals surface area contributed by atoms with Gasteiger partial charge in [-0.25, -0.2) is 9.37 Å². The average molecular weight is 316 g/mol. The summed E-state index contributed by atoms with van der Waals surface area (Å²) in [5.74, 6) is 0.894. The van der Waals surface area contributed by atoms with Crippen molar-refractivity contribution in [3.05, 3.63) is 27.6 Å². The summed E-state index contributed by atoms with van der Waals surface area (Å²) >= 11 is 2.29. The van der Waals surface area contributed by atoms with Crippen molar-refractivity contribution in [2.24, 2.45) is 0 Å². The van der Waals surface area contributed by atoms with Gasteiger partial charge in [-0.2, -0.15) is 0 Å². The van der Waals surface area contributed by atoms with E-state index in [-0.39, 0.29) is 0 Å².